The van der Waals surface area contributed by atoms with Gasteiger partial charge >= 0.3 is 0 Å². The summed E-state index contributed by atoms with van der Waals surface area (Å²) in [5.41, 5.74) is 4.91. The van der Waals surface area contributed by atoms with Crippen molar-refractivity contribution in [3.8, 4) is 18.1 Å². The Morgan fingerprint density at radius 3 is 2.52 bits per heavy atom. The summed E-state index contributed by atoms with van der Waals surface area (Å²) in [6.07, 6.45) is 6.77. The van der Waals surface area contributed by atoms with E-state index in [1.165, 1.54) is 6.21 Å². The van der Waals surface area contributed by atoms with Crippen molar-refractivity contribution in [2.24, 2.45) is 5.10 Å². The van der Waals surface area contributed by atoms with Gasteiger partial charge in [-0.15, -0.1) is 6.42 Å². The topological polar surface area (TPSA) is 79.8 Å². The lowest BCUT2D eigenvalue weighted by molar-refractivity contribution is -0.124. The average Bonchev–Trinajstić information content (AvgIpc) is 2.67. The largest absolute Gasteiger partial charge is 0.481 e. The second-order valence-electron chi connectivity index (χ2n) is 5.72. The normalized spacial score (nSPS) is 10.2. The molecule has 2 aromatic rings. The Kier molecular flexibility index (Phi) is 7.61. The van der Waals surface area contributed by atoms with E-state index in [4.69, 9.17) is 11.2 Å². The molecule has 0 heterocycles. The monoisotopic (exact) mass is 363 g/mol. The second kappa shape index (κ2) is 10.4. The first kappa shape index (κ1) is 19.7. The van der Waals surface area contributed by atoms with Crippen LogP contribution in [0.3, 0.4) is 0 Å². The Balaban J connectivity index is 1.72. The van der Waals surface area contributed by atoms with Crippen LogP contribution in [-0.4, -0.2) is 24.6 Å². The van der Waals surface area contributed by atoms with Crippen molar-refractivity contribution < 1.29 is 14.3 Å². The lowest BCUT2D eigenvalue weighted by atomic mass is 10.2. The third-order valence-electron chi connectivity index (χ3n) is 3.60. The van der Waals surface area contributed by atoms with Crippen LogP contribution in [0.25, 0.3) is 0 Å². The van der Waals surface area contributed by atoms with Crippen LogP contribution in [0, 0.1) is 19.3 Å². The Hall–Kier alpha value is -3.59. The fraction of sp³-hybridized carbons (Fsp3) is 0.190. The van der Waals surface area contributed by atoms with Crippen molar-refractivity contribution >= 4 is 23.7 Å². The number of carbonyl (C=O) groups is 2. The van der Waals surface area contributed by atoms with Gasteiger partial charge < -0.3 is 10.1 Å². The number of amides is 2. The SMILES string of the molecule is C#CCOc1ccc(C=NNC(=O)CCC(=O)Nc2ccccc2C)cc1. The molecular formula is C21H21N3O3. The maximum atomic E-state index is 11.9. The molecule has 0 aromatic heterocycles. The van der Waals surface area contributed by atoms with E-state index in [1.54, 1.807) is 24.3 Å². The molecule has 2 rings (SSSR count). The van der Waals surface area contributed by atoms with Gasteiger partial charge in [0.15, 0.2) is 0 Å². The summed E-state index contributed by atoms with van der Waals surface area (Å²) in [5.74, 6) is 2.50. The van der Waals surface area contributed by atoms with Gasteiger partial charge in [-0.2, -0.15) is 5.10 Å². The average molecular weight is 363 g/mol. The third kappa shape index (κ3) is 7.04. The van der Waals surface area contributed by atoms with E-state index in [0.29, 0.717) is 5.75 Å². The van der Waals surface area contributed by atoms with Crippen LogP contribution in [0.1, 0.15) is 24.0 Å². The predicted octanol–water partition coefficient (Wildman–Crippen LogP) is 2.88. The van der Waals surface area contributed by atoms with Crippen LogP contribution in [0.5, 0.6) is 5.75 Å². The summed E-state index contributed by atoms with van der Waals surface area (Å²) in [7, 11) is 0. The lowest BCUT2D eigenvalue weighted by Crippen LogP contribution is -2.20. The maximum Gasteiger partial charge on any atom is 0.240 e. The highest BCUT2D eigenvalue weighted by molar-refractivity contribution is 5.94. The lowest BCUT2D eigenvalue weighted by Gasteiger charge is -2.07. The van der Waals surface area contributed by atoms with E-state index in [9.17, 15) is 9.59 Å². The molecule has 0 radical (unpaired) electrons. The molecular weight excluding hydrogens is 342 g/mol. The molecule has 0 aliphatic rings. The first-order valence-corrected chi connectivity index (χ1v) is 8.42. The van der Waals surface area contributed by atoms with Crippen LogP contribution in [0.4, 0.5) is 5.69 Å². The first-order valence-electron chi connectivity index (χ1n) is 8.42. The molecule has 0 fully saturated rings. The van der Waals surface area contributed by atoms with Gasteiger partial charge in [0.25, 0.3) is 0 Å². The number of aryl methyl sites for hydroxylation is 1. The van der Waals surface area contributed by atoms with Crippen molar-refractivity contribution in [1.29, 1.82) is 0 Å². The van der Waals surface area contributed by atoms with Crippen molar-refractivity contribution in [3.05, 3.63) is 59.7 Å². The number of nitrogens with one attached hydrogen (secondary N) is 2. The Bertz CT molecular complexity index is 852. The third-order valence-corrected chi connectivity index (χ3v) is 3.60. The second-order valence-corrected chi connectivity index (χ2v) is 5.72. The Labute approximate surface area is 158 Å². The van der Waals surface area contributed by atoms with Gasteiger partial charge in [-0.1, -0.05) is 24.1 Å². The molecule has 2 N–H and O–H groups in total. The fourth-order valence-electron chi connectivity index (χ4n) is 2.16. The number of terminal acetylenes is 1. The Morgan fingerprint density at radius 1 is 1.11 bits per heavy atom. The van der Waals surface area contributed by atoms with Crippen LogP contribution in [-0.2, 0) is 9.59 Å². The summed E-state index contributed by atoms with van der Waals surface area (Å²) < 4.78 is 5.27. The molecule has 2 aromatic carbocycles. The van der Waals surface area contributed by atoms with Crippen LogP contribution in [0.2, 0.25) is 0 Å². The van der Waals surface area contributed by atoms with Crippen LogP contribution >= 0.6 is 0 Å². The Morgan fingerprint density at radius 2 is 1.81 bits per heavy atom. The molecule has 6 nitrogen and oxygen atoms in total. The van der Waals surface area contributed by atoms with E-state index >= 15 is 0 Å². The number of rotatable bonds is 8. The van der Waals surface area contributed by atoms with Gasteiger partial charge in [-0.3, -0.25) is 9.59 Å². The minimum Gasteiger partial charge on any atom is -0.481 e. The van der Waals surface area contributed by atoms with Crippen molar-refractivity contribution in [3.63, 3.8) is 0 Å². The van der Waals surface area contributed by atoms with E-state index in [1.807, 2.05) is 31.2 Å². The first-order chi connectivity index (χ1) is 13.1. The molecule has 0 aliphatic carbocycles. The number of anilines is 1. The highest BCUT2D eigenvalue weighted by Crippen LogP contribution is 2.13. The van der Waals surface area contributed by atoms with E-state index < -0.39 is 0 Å². The summed E-state index contributed by atoms with van der Waals surface area (Å²) in [6, 6.07) is 14.6. The zero-order valence-electron chi connectivity index (χ0n) is 15.1. The van der Waals surface area contributed by atoms with Crippen molar-refractivity contribution in [1.82, 2.24) is 5.43 Å². The number of nitrogens with zero attached hydrogens (tertiary/aromatic N) is 1. The standard InChI is InChI=1S/C21H21N3O3/c1-3-14-27-18-10-8-17(9-11-18)15-22-24-21(26)13-12-20(25)23-19-7-5-4-6-16(19)2/h1,4-11,15H,12-14H2,2H3,(H,23,25)(H,24,26). The molecule has 0 aliphatic heterocycles. The number of carbonyl (C=O) groups excluding carboxylic acids is 2. The van der Waals surface area contributed by atoms with Gasteiger partial charge in [-0.05, 0) is 48.4 Å². The van der Waals surface area contributed by atoms with Gasteiger partial charge in [0.2, 0.25) is 11.8 Å². The number of hydrogen-bond acceptors (Lipinski definition) is 4. The molecule has 0 atom stereocenters. The summed E-state index contributed by atoms with van der Waals surface area (Å²) >= 11 is 0. The number of benzene rings is 2. The molecule has 6 heteroatoms. The molecule has 0 unspecified atom stereocenters. The van der Waals surface area contributed by atoms with Crippen molar-refractivity contribution in [2.75, 3.05) is 11.9 Å². The summed E-state index contributed by atoms with van der Waals surface area (Å²) in [5, 5.41) is 6.67. The van der Waals surface area contributed by atoms with E-state index in [-0.39, 0.29) is 31.3 Å². The van der Waals surface area contributed by atoms with Crippen LogP contribution < -0.4 is 15.5 Å². The highest BCUT2D eigenvalue weighted by atomic mass is 16.5. The van der Waals surface area contributed by atoms with Gasteiger partial charge in [0.05, 0.1) is 6.21 Å². The van der Waals surface area contributed by atoms with E-state index in [2.05, 4.69) is 21.8 Å². The van der Waals surface area contributed by atoms with Gasteiger partial charge in [-0.25, -0.2) is 5.43 Å². The zero-order chi connectivity index (χ0) is 19.5. The maximum absolute atomic E-state index is 11.9. The van der Waals surface area contributed by atoms with Gasteiger partial charge in [0.1, 0.15) is 12.4 Å². The fourth-order valence-corrected chi connectivity index (χ4v) is 2.16. The number of hydrogen-bond donors (Lipinski definition) is 2. The molecule has 0 saturated heterocycles. The van der Waals surface area contributed by atoms with Crippen molar-refractivity contribution in [2.45, 2.75) is 19.8 Å². The number of ether oxygens (including phenoxy) is 1. The van der Waals surface area contributed by atoms with Crippen LogP contribution in [0.15, 0.2) is 53.6 Å². The zero-order valence-corrected chi connectivity index (χ0v) is 15.1. The minimum atomic E-state index is -0.333. The number of para-hydroxylation sites is 1. The van der Waals surface area contributed by atoms with Gasteiger partial charge in [0, 0.05) is 18.5 Å². The molecule has 138 valence electrons. The molecule has 0 spiro atoms. The van der Waals surface area contributed by atoms with E-state index in [0.717, 1.165) is 16.8 Å². The molecule has 27 heavy (non-hydrogen) atoms. The minimum absolute atomic E-state index is 0.0495. The summed E-state index contributed by atoms with van der Waals surface area (Å²) in [4.78, 5) is 23.7. The summed E-state index contributed by atoms with van der Waals surface area (Å²) in [6.45, 7) is 2.12. The highest BCUT2D eigenvalue weighted by Gasteiger charge is 2.07. The molecule has 2 amide bonds. The molecule has 0 saturated carbocycles. The number of hydrazone groups is 1. The smallest absolute Gasteiger partial charge is 0.240 e. The predicted molar refractivity (Wildman–Crippen MR) is 106 cm³/mol. The quantitative estimate of drug-likeness (QED) is 0.430. The molecule has 0 bridgehead atoms.